The van der Waals surface area contributed by atoms with Gasteiger partial charge in [0.15, 0.2) is 5.12 Å². The highest BCUT2D eigenvalue weighted by Crippen LogP contribution is 2.15. The van der Waals surface area contributed by atoms with Crippen molar-refractivity contribution in [3.05, 3.63) is 0 Å². The van der Waals surface area contributed by atoms with Crippen LogP contribution in [-0.2, 0) is 9.53 Å². The molecule has 0 aromatic heterocycles. The standard InChI is InChI=1S/C6H10O2S/c7-6(9)5-2-1-3-8-4-5/h5H,1-4H2,(H,7,9). The SMILES string of the molecule is O=C(S)C1CCCOC1. The van der Waals surface area contributed by atoms with Crippen molar-refractivity contribution in [2.75, 3.05) is 13.2 Å². The van der Waals surface area contributed by atoms with Gasteiger partial charge < -0.3 is 4.74 Å². The van der Waals surface area contributed by atoms with Gasteiger partial charge in [0, 0.05) is 6.61 Å². The molecular weight excluding hydrogens is 136 g/mol. The molecule has 52 valence electrons. The summed E-state index contributed by atoms with van der Waals surface area (Å²) in [6.07, 6.45) is 1.94. The molecule has 9 heavy (non-hydrogen) atoms. The summed E-state index contributed by atoms with van der Waals surface area (Å²) in [6.45, 7) is 1.37. The molecule has 2 nitrogen and oxygen atoms in total. The molecule has 0 saturated carbocycles. The predicted octanol–water partition coefficient (Wildman–Crippen LogP) is 0.869. The Hall–Kier alpha value is -0.0200. The third kappa shape index (κ3) is 1.99. The Labute approximate surface area is 60.0 Å². The Morgan fingerprint density at radius 1 is 1.67 bits per heavy atom. The van der Waals surface area contributed by atoms with Gasteiger partial charge in [-0.15, -0.1) is 12.6 Å². The van der Waals surface area contributed by atoms with Crippen LogP contribution in [0.3, 0.4) is 0 Å². The third-order valence-corrected chi connectivity index (χ3v) is 1.87. The molecule has 0 bridgehead atoms. The Morgan fingerprint density at radius 2 is 2.44 bits per heavy atom. The molecule has 0 aromatic carbocycles. The number of hydrogen-bond donors (Lipinski definition) is 1. The second-order valence-corrected chi connectivity index (χ2v) is 2.69. The second kappa shape index (κ2) is 3.22. The summed E-state index contributed by atoms with van der Waals surface area (Å²) in [6, 6.07) is 0. The van der Waals surface area contributed by atoms with Gasteiger partial charge in [0.25, 0.3) is 0 Å². The Balaban J connectivity index is 2.31. The molecule has 1 heterocycles. The molecule has 0 radical (unpaired) electrons. The smallest absolute Gasteiger partial charge is 0.191 e. The average Bonchev–Trinajstić information content (AvgIpc) is 1.90. The maximum Gasteiger partial charge on any atom is 0.191 e. The number of rotatable bonds is 1. The first-order chi connectivity index (χ1) is 4.30. The quantitative estimate of drug-likeness (QED) is 0.555. The topological polar surface area (TPSA) is 26.3 Å². The molecule has 0 spiro atoms. The van der Waals surface area contributed by atoms with E-state index in [2.05, 4.69) is 12.6 Å². The molecule has 1 aliphatic rings. The van der Waals surface area contributed by atoms with Crippen LogP contribution in [0.15, 0.2) is 0 Å². The van der Waals surface area contributed by atoms with Gasteiger partial charge in [-0.25, -0.2) is 0 Å². The number of hydrogen-bond acceptors (Lipinski definition) is 2. The van der Waals surface area contributed by atoms with Crippen molar-refractivity contribution in [2.45, 2.75) is 12.8 Å². The zero-order valence-electron chi connectivity index (χ0n) is 5.17. The summed E-state index contributed by atoms with van der Waals surface area (Å²) in [5.41, 5.74) is 0. The molecule has 0 aliphatic carbocycles. The first-order valence-corrected chi connectivity index (χ1v) is 3.56. The zero-order valence-corrected chi connectivity index (χ0v) is 6.06. The van der Waals surface area contributed by atoms with Crippen LogP contribution in [0.4, 0.5) is 0 Å². The first kappa shape index (κ1) is 7.09. The van der Waals surface area contributed by atoms with Crippen LogP contribution in [0.2, 0.25) is 0 Å². The van der Waals surface area contributed by atoms with Gasteiger partial charge in [0.1, 0.15) is 0 Å². The van der Waals surface area contributed by atoms with Gasteiger partial charge in [0.05, 0.1) is 12.5 Å². The molecule has 1 atom stereocenters. The Morgan fingerprint density at radius 3 is 2.78 bits per heavy atom. The second-order valence-electron chi connectivity index (χ2n) is 2.25. The van der Waals surface area contributed by atoms with Crippen LogP contribution in [-0.4, -0.2) is 18.3 Å². The van der Waals surface area contributed by atoms with Crippen LogP contribution >= 0.6 is 12.6 Å². The van der Waals surface area contributed by atoms with Gasteiger partial charge in [-0.3, -0.25) is 4.79 Å². The molecule has 1 aliphatic heterocycles. The maximum absolute atomic E-state index is 10.6. The minimum atomic E-state index is -0.0327. The molecule has 1 rings (SSSR count). The Kier molecular flexibility index (Phi) is 2.54. The largest absolute Gasteiger partial charge is 0.381 e. The van der Waals surface area contributed by atoms with Crippen LogP contribution in [0.5, 0.6) is 0 Å². The van der Waals surface area contributed by atoms with E-state index in [0.717, 1.165) is 19.4 Å². The van der Waals surface area contributed by atoms with Crippen LogP contribution in [0.1, 0.15) is 12.8 Å². The van der Waals surface area contributed by atoms with E-state index >= 15 is 0 Å². The summed E-state index contributed by atoms with van der Waals surface area (Å²) in [7, 11) is 0. The van der Waals surface area contributed by atoms with Gasteiger partial charge in [0.2, 0.25) is 0 Å². The molecule has 0 N–H and O–H groups in total. The van der Waals surface area contributed by atoms with Crippen molar-refractivity contribution in [1.82, 2.24) is 0 Å². The number of carbonyl (C=O) groups is 1. The average molecular weight is 146 g/mol. The lowest BCUT2D eigenvalue weighted by Gasteiger charge is -2.18. The fraction of sp³-hybridized carbons (Fsp3) is 0.833. The van der Waals surface area contributed by atoms with Crippen molar-refractivity contribution < 1.29 is 9.53 Å². The first-order valence-electron chi connectivity index (χ1n) is 3.11. The zero-order chi connectivity index (χ0) is 6.69. The van der Waals surface area contributed by atoms with E-state index in [1.807, 2.05) is 0 Å². The van der Waals surface area contributed by atoms with E-state index in [4.69, 9.17) is 4.74 Å². The highest BCUT2D eigenvalue weighted by atomic mass is 32.1. The summed E-state index contributed by atoms with van der Waals surface area (Å²) >= 11 is 3.72. The van der Waals surface area contributed by atoms with Crippen LogP contribution in [0.25, 0.3) is 0 Å². The van der Waals surface area contributed by atoms with Crippen LogP contribution < -0.4 is 0 Å². The molecule has 0 aromatic rings. The maximum atomic E-state index is 10.6. The van der Waals surface area contributed by atoms with E-state index in [9.17, 15) is 4.79 Å². The van der Waals surface area contributed by atoms with E-state index in [1.54, 1.807) is 0 Å². The van der Waals surface area contributed by atoms with E-state index in [-0.39, 0.29) is 11.0 Å². The van der Waals surface area contributed by atoms with Crippen molar-refractivity contribution in [2.24, 2.45) is 5.92 Å². The van der Waals surface area contributed by atoms with Crippen molar-refractivity contribution in [3.63, 3.8) is 0 Å². The van der Waals surface area contributed by atoms with Crippen molar-refractivity contribution >= 4 is 17.7 Å². The number of carbonyl (C=O) groups excluding carboxylic acids is 1. The summed E-state index contributed by atoms with van der Waals surface area (Å²) in [5, 5.41) is -0.0327. The molecule has 1 unspecified atom stereocenters. The lowest BCUT2D eigenvalue weighted by atomic mass is 10.0. The van der Waals surface area contributed by atoms with Gasteiger partial charge in [-0.1, -0.05) is 0 Å². The fourth-order valence-electron chi connectivity index (χ4n) is 0.935. The van der Waals surface area contributed by atoms with Gasteiger partial charge in [-0.05, 0) is 12.8 Å². The van der Waals surface area contributed by atoms with E-state index in [0.29, 0.717) is 6.61 Å². The summed E-state index contributed by atoms with van der Waals surface area (Å²) in [5.74, 6) is 0.0575. The van der Waals surface area contributed by atoms with Crippen LogP contribution in [0, 0.1) is 5.92 Å². The van der Waals surface area contributed by atoms with Crippen molar-refractivity contribution in [3.8, 4) is 0 Å². The third-order valence-electron chi connectivity index (χ3n) is 1.51. The van der Waals surface area contributed by atoms with Gasteiger partial charge in [-0.2, -0.15) is 0 Å². The highest BCUT2D eigenvalue weighted by molar-refractivity contribution is 7.96. The lowest BCUT2D eigenvalue weighted by molar-refractivity contribution is -0.117. The fourth-order valence-corrected chi connectivity index (χ4v) is 1.14. The van der Waals surface area contributed by atoms with Crippen molar-refractivity contribution in [1.29, 1.82) is 0 Å². The minimum Gasteiger partial charge on any atom is -0.381 e. The predicted molar refractivity (Wildman–Crippen MR) is 37.5 cm³/mol. The van der Waals surface area contributed by atoms with Gasteiger partial charge >= 0.3 is 0 Å². The van der Waals surface area contributed by atoms with E-state index < -0.39 is 0 Å². The molecular formula is C6H10O2S. The van der Waals surface area contributed by atoms with E-state index in [1.165, 1.54) is 0 Å². The Bertz CT molecular complexity index is 108. The minimum absolute atomic E-state index is 0.0327. The summed E-state index contributed by atoms with van der Waals surface area (Å²) < 4.78 is 5.07. The number of ether oxygens (including phenoxy) is 1. The molecule has 3 heteroatoms. The number of thiol groups is 1. The molecule has 1 saturated heterocycles. The summed E-state index contributed by atoms with van der Waals surface area (Å²) in [4.78, 5) is 10.6. The highest BCUT2D eigenvalue weighted by Gasteiger charge is 2.18. The monoisotopic (exact) mass is 146 g/mol. The lowest BCUT2D eigenvalue weighted by Crippen LogP contribution is -2.21. The molecule has 0 amide bonds. The molecule has 1 fully saturated rings. The normalized spacial score (nSPS) is 27.9.